The van der Waals surface area contributed by atoms with Gasteiger partial charge in [-0.2, -0.15) is 0 Å². The van der Waals surface area contributed by atoms with E-state index in [1.165, 1.54) is 15.8 Å². The van der Waals surface area contributed by atoms with Crippen LogP contribution in [0.15, 0.2) is 91.0 Å². The highest BCUT2D eigenvalue weighted by Crippen LogP contribution is 2.10. The Bertz CT molecular complexity index is 656. The van der Waals surface area contributed by atoms with Gasteiger partial charge in [-0.25, -0.2) is 0 Å². The first kappa shape index (κ1) is 14.9. The molecule has 0 spiro atoms. The Morgan fingerprint density at radius 1 is 0.636 bits per heavy atom. The van der Waals surface area contributed by atoms with Crippen LogP contribution in [0.4, 0.5) is 0 Å². The summed E-state index contributed by atoms with van der Waals surface area (Å²) in [6.07, 6.45) is 0. The van der Waals surface area contributed by atoms with Crippen molar-refractivity contribution >= 4 is 30.7 Å². The maximum Gasteiger partial charge on any atom is -0.0623 e. The molecule has 0 atom stereocenters. The van der Waals surface area contributed by atoms with Crippen molar-refractivity contribution in [3.63, 3.8) is 0 Å². The van der Waals surface area contributed by atoms with Crippen LogP contribution in [0.25, 0.3) is 0 Å². The van der Waals surface area contributed by atoms with Crippen molar-refractivity contribution in [2.75, 3.05) is 0 Å². The number of benzene rings is 3. The zero-order valence-corrected chi connectivity index (χ0v) is 13.9. The summed E-state index contributed by atoms with van der Waals surface area (Å²) in [7, 11) is -1.89. The molecule has 0 aromatic heterocycles. The molecular formula is C20H20BSi-. The molecule has 0 unspecified atom stereocenters. The van der Waals surface area contributed by atoms with Gasteiger partial charge >= 0.3 is 0 Å². The predicted octanol–water partition coefficient (Wildman–Crippen LogP) is 2.80. The van der Waals surface area contributed by atoms with E-state index >= 15 is 0 Å². The summed E-state index contributed by atoms with van der Waals surface area (Å²) >= 11 is 0. The zero-order chi connectivity index (χ0) is 15.3. The van der Waals surface area contributed by atoms with Crippen molar-refractivity contribution in [1.82, 2.24) is 0 Å². The Hall–Kier alpha value is -2.06. The van der Waals surface area contributed by atoms with Gasteiger partial charge in [0.1, 0.15) is 0 Å². The maximum atomic E-state index is 2.54. The molecule has 3 aromatic rings. The average molecular weight is 299 g/mol. The van der Waals surface area contributed by atoms with Gasteiger partial charge in [-0.1, -0.05) is 110 Å². The Labute approximate surface area is 135 Å². The molecule has 2 heteroatoms. The topological polar surface area (TPSA) is 0 Å². The lowest BCUT2D eigenvalue weighted by molar-refractivity contribution is 1.42. The lowest BCUT2D eigenvalue weighted by Gasteiger charge is -2.45. The highest BCUT2D eigenvalue weighted by molar-refractivity contribution is 7.40. The van der Waals surface area contributed by atoms with E-state index in [9.17, 15) is 0 Å². The molecule has 0 saturated heterocycles. The highest BCUT2D eigenvalue weighted by atomic mass is 28.3. The van der Waals surface area contributed by atoms with E-state index in [-0.39, 0.29) is 0 Å². The van der Waals surface area contributed by atoms with Crippen molar-refractivity contribution in [2.24, 2.45) is 0 Å². The quantitative estimate of drug-likeness (QED) is 0.636. The van der Waals surface area contributed by atoms with Gasteiger partial charge in [0.05, 0.1) is 0 Å². The SMILES string of the molecule is CC[Si]([B-]c1ccccc1)(c1ccccc1)c1ccccc1. The van der Waals surface area contributed by atoms with Crippen LogP contribution in [0.1, 0.15) is 6.92 Å². The normalized spacial score (nSPS) is 11.3. The van der Waals surface area contributed by atoms with Gasteiger partial charge in [0.25, 0.3) is 0 Å². The van der Waals surface area contributed by atoms with Crippen molar-refractivity contribution in [3.05, 3.63) is 91.0 Å². The second kappa shape index (κ2) is 6.80. The Morgan fingerprint density at radius 3 is 1.45 bits per heavy atom. The Balaban J connectivity index is 2.13. The summed E-state index contributed by atoms with van der Waals surface area (Å²) < 4.78 is 0. The molecule has 0 heterocycles. The van der Waals surface area contributed by atoms with Crippen LogP contribution >= 0.6 is 0 Å². The minimum Gasteiger partial charge on any atom is -0.282 e. The molecule has 0 aliphatic carbocycles. The van der Waals surface area contributed by atoms with Crippen molar-refractivity contribution in [2.45, 2.75) is 13.0 Å². The first-order valence-corrected chi connectivity index (χ1v) is 10.2. The molecular weight excluding hydrogens is 279 g/mol. The lowest BCUT2D eigenvalue weighted by Crippen LogP contribution is -2.65. The van der Waals surface area contributed by atoms with Crippen molar-refractivity contribution < 1.29 is 0 Å². The van der Waals surface area contributed by atoms with Crippen LogP contribution in [0.3, 0.4) is 0 Å². The first-order chi connectivity index (χ1) is 10.8. The van der Waals surface area contributed by atoms with Crippen LogP contribution in [0.5, 0.6) is 0 Å². The van der Waals surface area contributed by atoms with E-state index in [1.54, 1.807) is 0 Å². The molecule has 0 nitrogen and oxygen atoms in total. The van der Waals surface area contributed by atoms with Crippen LogP contribution in [-0.4, -0.2) is 14.8 Å². The van der Waals surface area contributed by atoms with Gasteiger partial charge in [-0.15, -0.1) is 12.1 Å². The van der Waals surface area contributed by atoms with Crippen molar-refractivity contribution in [3.8, 4) is 0 Å². The number of hydrogen-bond donors (Lipinski definition) is 0. The predicted molar refractivity (Wildman–Crippen MR) is 100 cm³/mol. The fourth-order valence-corrected chi connectivity index (χ4v) is 7.17. The van der Waals surface area contributed by atoms with Gasteiger partial charge in [-0.05, 0) is 0 Å². The van der Waals surface area contributed by atoms with Gasteiger partial charge in [0, 0.05) is 0 Å². The van der Waals surface area contributed by atoms with Gasteiger partial charge in [0.2, 0.25) is 0 Å². The lowest BCUT2D eigenvalue weighted by atomic mass is 9.94. The monoisotopic (exact) mass is 299 g/mol. The molecule has 2 radical (unpaired) electrons. The van der Waals surface area contributed by atoms with Crippen LogP contribution < -0.4 is 15.8 Å². The average Bonchev–Trinajstić information content (AvgIpc) is 2.62. The van der Waals surface area contributed by atoms with E-state index in [0.29, 0.717) is 0 Å². The highest BCUT2D eigenvalue weighted by Gasteiger charge is 2.22. The molecule has 0 N–H and O–H groups in total. The summed E-state index contributed by atoms with van der Waals surface area (Å²) in [5, 5.41) is 2.96. The molecule has 0 bridgehead atoms. The molecule has 22 heavy (non-hydrogen) atoms. The summed E-state index contributed by atoms with van der Waals surface area (Å²) in [4.78, 5) is 0. The summed E-state index contributed by atoms with van der Waals surface area (Å²) in [5.41, 5.74) is 1.32. The third-order valence-corrected chi connectivity index (χ3v) is 9.02. The molecule has 0 saturated carbocycles. The standard InChI is InChI=1S/C20H20BSi/c1-2-22(19-14-8-4-9-15-19,20-16-10-5-11-17-20)21-18-12-6-3-7-13-18/h3-17H,2H2,1H3/q-1. The minimum absolute atomic E-state index is 1.16. The fourth-order valence-electron chi connectivity index (χ4n) is 3.15. The van der Waals surface area contributed by atoms with Gasteiger partial charge in [0.15, 0.2) is 0 Å². The molecule has 3 aromatic carbocycles. The van der Waals surface area contributed by atoms with Gasteiger partial charge < -0.3 is 0 Å². The summed E-state index contributed by atoms with van der Waals surface area (Å²) in [5.74, 6) is 0. The van der Waals surface area contributed by atoms with E-state index in [4.69, 9.17) is 0 Å². The fraction of sp³-hybridized carbons (Fsp3) is 0.100. The first-order valence-electron chi connectivity index (χ1n) is 7.87. The smallest absolute Gasteiger partial charge is 0.0623 e. The molecule has 0 amide bonds. The van der Waals surface area contributed by atoms with E-state index in [2.05, 4.69) is 105 Å². The second-order valence-corrected chi connectivity index (χ2v) is 9.71. The largest absolute Gasteiger partial charge is 0.282 e. The second-order valence-electron chi connectivity index (χ2n) is 5.61. The minimum atomic E-state index is -1.89. The Kier molecular flexibility index (Phi) is 4.59. The number of rotatable bonds is 5. The van der Waals surface area contributed by atoms with Gasteiger partial charge in [-0.3, -0.25) is 12.3 Å². The molecule has 3 rings (SSSR count). The van der Waals surface area contributed by atoms with Crippen molar-refractivity contribution in [1.29, 1.82) is 0 Å². The summed E-state index contributed by atoms with van der Waals surface area (Å²) in [6, 6.07) is 33.9. The Morgan fingerprint density at radius 2 is 1.05 bits per heavy atom. The third-order valence-electron chi connectivity index (χ3n) is 4.35. The third kappa shape index (κ3) is 2.93. The van der Waals surface area contributed by atoms with Crippen LogP contribution in [0.2, 0.25) is 6.04 Å². The molecule has 0 aliphatic rings. The van der Waals surface area contributed by atoms with Crippen LogP contribution in [-0.2, 0) is 0 Å². The van der Waals surface area contributed by atoms with E-state index < -0.39 is 7.94 Å². The zero-order valence-electron chi connectivity index (χ0n) is 12.9. The van der Waals surface area contributed by atoms with E-state index in [1.807, 2.05) is 0 Å². The number of hydrogen-bond acceptors (Lipinski definition) is 0. The van der Waals surface area contributed by atoms with E-state index in [0.717, 1.165) is 6.04 Å². The van der Waals surface area contributed by atoms with Crippen LogP contribution in [0, 0.1) is 0 Å². The maximum absolute atomic E-state index is 2.54. The summed E-state index contributed by atoms with van der Waals surface area (Å²) in [6.45, 7) is 4.86. The molecule has 0 aliphatic heterocycles. The molecule has 0 fully saturated rings. The molecule has 108 valence electrons.